The predicted octanol–water partition coefficient (Wildman–Crippen LogP) is 3.09. The third kappa shape index (κ3) is 5.09. The van der Waals surface area contributed by atoms with Crippen molar-refractivity contribution in [1.82, 2.24) is 9.80 Å². The number of amides is 2. The summed E-state index contributed by atoms with van der Waals surface area (Å²) in [7, 11) is 0. The molecule has 0 radical (unpaired) electrons. The van der Waals surface area contributed by atoms with E-state index >= 15 is 0 Å². The van der Waals surface area contributed by atoms with Gasteiger partial charge in [-0.25, -0.2) is 0 Å². The number of nitrogens with zero attached hydrogens (tertiary/aromatic N) is 3. The van der Waals surface area contributed by atoms with E-state index in [-0.39, 0.29) is 29.4 Å². The molecule has 3 aliphatic rings. The van der Waals surface area contributed by atoms with Gasteiger partial charge in [0.15, 0.2) is 6.61 Å². The molecule has 0 saturated carbocycles. The van der Waals surface area contributed by atoms with Crippen LogP contribution in [0.2, 0.25) is 0 Å². The summed E-state index contributed by atoms with van der Waals surface area (Å²) >= 11 is 0. The monoisotopic (exact) mass is 451 g/mol. The molecule has 2 amide bonds. The first kappa shape index (κ1) is 22.6. The molecule has 1 aliphatic carbocycles. The SMILES string of the molecule is O=C1C2CC=CCC2C(=O)N1CCCN1CCN(c2ccccc2OCC(F)(F)F)CC1. The van der Waals surface area contributed by atoms with Gasteiger partial charge in [-0.05, 0) is 37.9 Å². The normalized spacial score (nSPS) is 24.2. The van der Waals surface area contributed by atoms with Crippen molar-refractivity contribution in [3.8, 4) is 5.75 Å². The van der Waals surface area contributed by atoms with Crippen LogP contribution in [0.5, 0.6) is 5.75 Å². The summed E-state index contributed by atoms with van der Waals surface area (Å²) < 4.78 is 42.6. The van der Waals surface area contributed by atoms with E-state index in [4.69, 9.17) is 4.74 Å². The first-order valence-electron chi connectivity index (χ1n) is 11.1. The molecule has 1 aromatic carbocycles. The molecule has 32 heavy (non-hydrogen) atoms. The summed E-state index contributed by atoms with van der Waals surface area (Å²) in [5.74, 6) is -0.207. The molecule has 2 unspecified atom stereocenters. The quantitative estimate of drug-likeness (QED) is 0.471. The van der Waals surface area contributed by atoms with Crippen LogP contribution in [0.4, 0.5) is 18.9 Å². The van der Waals surface area contributed by atoms with E-state index in [9.17, 15) is 22.8 Å². The second kappa shape index (κ2) is 9.52. The van der Waals surface area contributed by atoms with Crippen molar-refractivity contribution in [2.75, 3.05) is 50.8 Å². The molecule has 174 valence electrons. The molecule has 2 saturated heterocycles. The highest BCUT2D eigenvalue weighted by Crippen LogP contribution is 2.35. The fourth-order valence-corrected chi connectivity index (χ4v) is 4.75. The van der Waals surface area contributed by atoms with Crippen LogP contribution in [0.15, 0.2) is 36.4 Å². The Bertz CT molecular complexity index is 840. The highest BCUT2D eigenvalue weighted by atomic mass is 19.4. The number of piperazine rings is 1. The first-order valence-corrected chi connectivity index (χ1v) is 11.1. The number of allylic oxidation sites excluding steroid dienone is 2. The maximum atomic E-state index is 12.5. The number of fused-ring (bicyclic) bond motifs is 1. The van der Waals surface area contributed by atoms with Gasteiger partial charge in [-0.15, -0.1) is 0 Å². The maximum absolute atomic E-state index is 12.5. The van der Waals surface area contributed by atoms with Crippen LogP contribution in [0.3, 0.4) is 0 Å². The summed E-state index contributed by atoms with van der Waals surface area (Å²) in [6.07, 6.45) is 1.63. The van der Waals surface area contributed by atoms with Crippen molar-refractivity contribution in [2.45, 2.75) is 25.4 Å². The Labute approximate surface area is 185 Å². The summed E-state index contributed by atoms with van der Waals surface area (Å²) in [6, 6.07) is 6.79. The Balaban J connectivity index is 1.24. The van der Waals surface area contributed by atoms with Gasteiger partial charge in [0.05, 0.1) is 17.5 Å². The molecule has 0 aromatic heterocycles. The molecule has 6 nitrogen and oxygen atoms in total. The van der Waals surface area contributed by atoms with Gasteiger partial charge in [-0.1, -0.05) is 24.3 Å². The third-order valence-corrected chi connectivity index (χ3v) is 6.42. The molecule has 2 fully saturated rings. The smallest absolute Gasteiger partial charge is 0.422 e. The van der Waals surface area contributed by atoms with Gasteiger partial charge in [0.2, 0.25) is 11.8 Å². The van der Waals surface area contributed by atoms with Crippen molar-refractivity contribution >= 4 is 17.5 Å². The minimum absolute atomic E-state index is 0.0374. The topological polar surface area (TPSA) is 53.1 Å². The summed E-state index contributed by atoms with van der Waals surface area (Å²) in [5, 5.41) is 0. The standard InChI is InChI=1S/C23H28F3N3O3/c24-23(25,26)16-32-20-9-4-3-8-19(20)28-14-12-27(13-15-28)10-5-11-29-21(30)17-6-1-2-7-18(17)22(29)31/h1-4,8-9,17-18H,5-7,10-16H2. The second-order valence-electron chi connectivity index (χ2n) is 8.54. The van der Waals surface area contributed by atoms with Crippen molar-refractivity contribution in [1.29, 1.82) is 0 Å². The minimum atomic E-state index is -4.38. The highest BCUT2D eigenvalue weighted by Gasteiger charge is 2.46. The second-order valence-corrected chi connectivity index (χ2v) is 8.54. The molecule has 0 bridgehead atoms. The molecule has 0 spiro atoms. The van der Waals surface area contributed by atoms with Crippen molar-refractivity contribution < 1.29 is 27.5 Å². The average molecular weight is 451 g/mol. The van der Waals surface area contributed by atoms with Gasteiger partial charge in [0, 0.05) is 32.7 Å². The summed E-state index contributed by atoms with van der Waals surface area (Å²) in [5.41, 5.74) is 0.667. The van der Waals surface area contributed by atoms with Crippen LogP contribution >= 0.6 is 0 Å². The van der Waals surface area contributed by atoms with E-state index in [0.29, 0.717) is 38.2 Å². The average Bonchev–Trinajstić information content (AvgIpc) is 3.03. The van der Waals surface area contributed by atoms with Gasteiger partial charge >= 0.3 is 6.18 Å². The zero-order valence-corrected chi connectivity index (χ0v) is 17.9. The molecule has 2 atom stereocenters. The number of rotatable bonds is 7. The third-order valence-electron chi connectivity index (χ3n) is 6.42. The van der Waals surface area contributed by atoms with Gasteiger partial charge in [0.25, 0.3) is 0 Å². The van der Waals surface area contributed by atoms with E-state index in [1.807, 2.05) is 17.1 Å². The van der Waals surface area contributed by atoms with Crippen molar-refractivity contribution in [3.63, 3.8) is 0 Å². The zero-order valence-electron chi connectivity index (χ0n) is 17.9. The van der Waals surface area contributed by atoms with Crippen LogP contribution in [0, 0.1) is 11.8 Å². The zero-order chi connectivity index (χ0) is 22.7. The lowest BCUT2D eigenvalue weighted by Gasteiger charge is -2.37. The number of hydrogen-bond donors (Lipinski definition) is 0. The summed E-state index contributed by atoms with van der Waals surface area (Å²) in [6.45, 7) is 2.75. The van der Waals surface area contributed by atoms with E-state index < -0.39 is 12.8 Å². The van der Waals surface area contributed by atoms with Crippen LogP contribution in [0.1, 0.15) is 19.3 Å². The number of halogens is 3. The Hall–Kier alpha value is -2.55. The Morgan fingerprint density at radius 3 is 2.16 bits per heavy atom. The van der Waals surface area contributed by atoms with Gasteiger partial charge in [-0.3, -0.25) is 19.4 Å². The number of benzene rings is 1. The molecule has 1 aromatic rings. The lowest BCUT2D eigenvalue weighted by molar-refractivity contribution is -0.153. The number of alkyl halides is 3. The number of para-hydroxylation sites is 2. The first-order chi connectivity index (χ1) is 15.3. The van der Waals surface area contributed by atoms with Gasteiger partial charge in [-0.2, -0.15) is 13.2 Å². The molecular formula is C23H28F3N3O3. The van der Waals surface area contributed by atoms with Crippen LogP contribution in [-0.2, 0) is 9.59 Å². The number of imide groups is 1. The van der Waals surface area contributed by atoms with Crippen LogP contribution < -0.4 is 9.64 Å². The molecule has 2 aliphatic heterocycles. The van der Waals surface area contributed by atoms with Gasteiger partial charge in [0.1, 0.15) is 5.75 Å². The van der Waals surface area contributed by atoms with E-state index in [1.54, 1.807) is 24.3 Å². The van der Waals surface area contributed by atoms with E-state index in [1.165, 1.54) is 4.90 Å². The molecule has 4 rings (SSSR count). The lowest BCUT2D eigenvalue weighted by atomic mass is 9.85. The largest absolute Gasteiger partial charge is 0.482 e. The van der Waals surface area contributed by atoms with Crippen LogP contribution in [0.25, 0.3) is 0 Å². The van der Waals surface area contributed by atoms with Crippen molar-refractivity contribution in [3.05, 3.63) is 36.4 Å². The number of anilines is 1. The minimum Gasteiger partial charge on any atom is -0.482 e. The number of carbonyl (C=O) groups is 2. The number of ether oxygens (including phenoxy) is 1. The van der Waals surface area contributed by atoms with Crippen LogP contribution in [-0.4, -0.2) is 73.7 Å². The molecule has 0 N–H and O–H groups in total. The van der Waals surface area contributed by atoms with Gasteiger partial charge < -0.3 is 9.64 Å². The van der Waals surface area contributed by atoms with E-state index in [2.05, 4.69) is 4.90 Å². The predicted molar refractivity (Wildman–Crippen MR) is 113 cm³/mol. The fourth-order valence-electron chi connectivity index (χ4n) is 4.75. The number of hydrogen-bond acceptors (Lipinski definition) is 5. The lowest BCUT2D eigenvalue weighted by Crippen LogP contribution is -2.47. The molecule has 2 heterocycles. The molecular weight excluding hydrogens is 423 g/mol. The molecule has 9 heteroatoms. The van der Waals surface area contributed by atoms with E-state index in [0.717, 1.165) is 26.1 Å². The number of carbonyl (C=O) groups excluding carboxylic acids is 2. The van der Waals surface area contributed by atoms with Crippen molar-refractivity contribution in [2.24, 2.45) is 11.8 Å². The highest BCUT2D eigenvalue weighted by molar-refractivity contribution is 6.05. The maximum Gasteiger partial charge on any atom is 0.422 e. The number of likely N-dealkylation sites (tertiary alicyclic amines) is 1. The Morgan fingerprint density at radius 2 is 1.53 bits per heavy atom. The Morgan fingerprint density at radius 1 is 0.906 bits per heavy atom. The Kier molecular flexibility index (Phi) is 6.74. The summed E-state index contributed by atoms with van der Waals surface area (Å²) in [4.78, 5) is 30.8. The fraction of sp³-hybridized carbons (Fsp3) is 0.565.